The van der Waals surface area contributed by atoms with E-state index in [1.165, 1.54) is 4.88 Å². The van der Waals surface area contributed by atoms with E-state index in [9.17, 15) is 13.2 Å². The largest absolute Gasteiger partial charge is 0.434 e. The summed E-state index contributed by atoms with van der Waals surface area (Å²) in [5.41, 5.74) is -0.811. The molecule has 0 spiro atoms. The van der Waals surface area contributed by atoms with E-state index in [1.807, 2.05) is 0 Å². The number of alkyl halides is 3. The molecule has 11 heteroatoms. The lowest BCUT2D eigenvalue weighted by Crippen LogP contribution is -2.52. The van der Waals surface area contributed by atoms with Crippen LogP contribution in [-0.2, 0) is 19.1 Å². The zero-order chi connectivity index (χ0) is 19.3. The Hall–Kier alpha value is -0.920. The number of hydrogen-bond donors (Lipinski definition) is 1. The van der Waals surface area contributed by atoms with Crippen LogP contribution in [0.3, 0.4) is 0 Å². The van der Waals surface area contributed by atoms with E-state index in [4.69, 9.17) is 0 Å². The van der Waals surface area contributed by atoms with Gasteiger partial charge in [-0.3, -0.25) is 9.89 Å². The van der Waals surface area contributed by atoms with Gasteiger partial charge in [-0.1, -0.05) is 6.07 Å². The minimum absolute atomic E-state index is 0. The predicted octanol–water partition coefficient (Wildman–Crippen LogP) is 3.78. The van der Waals surface area contributed by atoms with Crippen LogP contribution in [0.4, 0.5) is 13.2 Å². The molecule has 2 aromatic rings. The molecule has 156 valence electrons. The van der Waals surface area contributed by atoms with Gasteiger partial charge >= 0.3 is 6.18 Å². The molecule has 0 bridgehead atoms. The minimum Gasteiger partial charge on any atom is -0.356 e. The molecule has 0 saturated carbocycles. The molecule has 0 unspecified atom stereocenters. The number of thiophene rings is 1. The molecular formula is C17H23F3IN5S2. The highest BCUT2D eigenvalue weighted by Crippen LogP contribution is 2.30. The van der Waals surface area contributed by atoms with Crippen LogP contribution >= 0.6 is 46.7 Å². The van der Waals surface area contributed by atoms with Gasteiger partial charge in [-0.2, -0.15) is 13.2 Å². The van der Waals surface area contributed by atoms with E-state index in [1.54, 1.807) is 18.4 Å². The maximum atomic E-state index is 12.6. The van der Waals surface area contributed by atoms with Gasteiger partial charge in [0.05, 0.1) is 5.01 Å². The van der Waals surface area contributed by atoms with Gasteiger partial charge in [0.15, 0.2) is 11.7 Å². The van der Waals surface area contributed by atoms with Crippen molar-refractivity contribution in [1.82, 2.24) is 20.1 Å². The monoisotopic (exact) mass is 545 g/mol. The molecular weight excluding hydrogens is 522 g/mol. The number of rotatable bonds is 5. The molecule has 5 nitrogen and oxygen atoms in total. The number of nitrogens with zero attached hydrogens (tertiary/aromatic N) is 4. The molecule has 1 aliphatic rings. The van der Waals surface area contributed by atoms with E-state index in [0.29, 0.717) is 18.0 Å². The Morgan fingerprint density at radius 1 is 1.25 bits per heavy atom. The number of guanidine groups is 1. The van der Waals surface area contributed by atoms with Crippen molar-refractivity contribution in [1.29, 1.82) is 0 Å². The summed E-state index contributed by atoms with van der Waals surface area (Å²) < 4.78 is 37.8. The van der Waals surface area contributed by atoms with E-state index >= 15 is 0 Å². The quantitative estimate of drug-likeness (QED) is 0.353. The van der Waals surface area contributed by atoms with Gasteiger partial charge in [0.25, 0.3) is 0 Å². The standard InChI is InChI=1S/C17H22F3N5S2.HI/c1-21-16(22-5-4-15-23-14(12-27-15)17(18,19)20)25-8-6-24(7-9-25)11-13-3-2-10-26-13;/h2-3,10,12H,4-9,11H2,1H3,(H,21,22);1H. The van der Waals surface area contributed by atoms with Gasteiger partial charge in [-0.05, 0) is 11.4 Å². The first-order valence-corrected chi connectivity index (χ1v) is 10.4. The van der Waals surface area contributed by atoms with Gasteiger partial charge in [-0.25, -0.2) is 4.98 Å². The Morgan fingerprint density at radius 3 is 2.57 bits per heavy atom. The molecule has 1 fully saturated rings. The van der Waals surface area contributed by atoms with Crippen molar-refractivity contribution in [2.75, 3.05) is 39.8 Å². The van der Waals surface area contributed by atoms with Crippen molar-refractivity contribution in [3.05, 3.63) is 38.5 Å². The van der Waals surface area contributed by atoms with Crippen molar-refractivity contribution >= 4 is 52.6 Å². The molecule has 2 aromatic heterocycles. The lowest BCUT2D eigenvalue weighted by molar-refractivity contribution is -0.140. The van der Waals surface area contributed by atoms with Crippen molar-refractivity contribution in [2.24, 2.45) is 4.99 Å². The van der Waals surface area contributed by atoms with E-state index in [-0.39, 0.29) is 24.0 Å². The maximum absolute atomic E-state index is 12.6. The second-order valence-electron chi connectivity index (χ2n) is 6.19. The number of aliphatic imine (C=N–C) groups is 1. The lowest BCUT2D eigenvalue weighted by Gasteiger charge is -2.36. The van der Waals surface area contributed by atoms with Crippen LogP contribution in [-0.4, -0.2) is 60.5 Å². The fourth-order valence-corrected chi connectivity index (χ4v) is 4.46. The highest BCUT2D eigenvalue weighted by Gasteiger charge is 2.33. The first-order chi connectivity index (χ1) is 13.0. The number of nitrogens with one attached hydrogen (secondary N) is 1. The van der Waals surface area contributed by atoms with Gasteiger partial charge in [-0.15, -0.1) is 46.7 Å². The second-order valence-corrected chi connectivity index (χ2v) is 8.17. The predicted molar refractivity (Wildman–Crippen MR) is 119 cm³/mol. The SMILES string of the molecule is CN=C(NCCc1nc(C(F)(F)F)cs1)N1CCN(Cc2cccs2)CC1.I. The van der Waals surface area contributed by atoms with Gasteiger partial charge in [0.1, 0.15) is 0 Å². The molecule has 1 N–H and O–H groups in total. The summed E-state index contributed by atoms with van der Waals surface area (Å²) in [4.78, 5) is 13.9. The summed E-state index contributed by atoms with van der Waals surface area (Å²) in [5.74, 6) is 0.790. The molecule has 0 amide bonds. The highest BCUT2D eigenvalue weighted by molar-refractivity contribution is 14.0. The van der Waals surface area contributed by atoms with Crippen molar-refractivity contribution in [3.63, 3.8) is 0 Å². The molecule has 3 rings (SSSR count). The first-order valence-electron chi connectivity index (χ1n) is 8.67. The Kier molecular flexibility index (Phi) is 8.96. The number of aromatic nitrogens is 1. The van der Waals surface area contributed by atoms with Crippen molar-refractivity contribution in [2.45, 2.75) is 19.1 Å². The second kappa shape index (κ2) is 10.7. The first kappa shape index (κ1) is 23.4. The topological polar surface area (TPSA) is 43.8 Å². The van der Waals surface area contributed by atoms with Gasteiger partial charge < -0.3 is 10.2 Å². The van der Waals surface area contributed by atoms with E-state index in [0.717, 1.165) is 55.4 Å². The number of piperazine rings is 1. The molecule has 0 radical (unpaired) electrons. The molecule has 28 heavy (non-hydrogen) atoms. The normalized spacial score (nSPS) is 16.1. The third kappa shape index (κ3) is 6.56. The highest BCUT2D eigenvalue weighted by atomic mass is 127. The zero-order valence-electron chi connectivity index (χ0n) is 15.4. The van der Waals surface area contributed by atoms with E-state index < -0.39 is 11.9 Å². The minimum atomic E-state index is -4.37. The van der Waals surface area contributed by atoms with Crippen LogP contribution in [0.25, 0.3) is 0 Å². The van der Waals surface area contributed by atoms with Crippen LogP contribution < -0.4 is 5.32 Å². The van der Waals surface area contributed by atoms with Crippen molar-refractivity contribution in [3.8, 4) is 0 Å². The fraction of sp³-hybridized carbons (Fsp3) is 0.529. The fourth-order valence-electron chi connectivity index (χ4n) is 2.91. The Labute approximate surface area is 187 Å². The van der Waals surface area contributed by atoms with E-state index in [2.05, 4.69) is 42.6 Å². The van der Waals surface area contributed by atoms with Crippen LogP contribution in [0.5, 0.6) is 0 Å². The molecule has 1 saturated heterocycles. The Morgan fingerprint density at radius 2 is 2.00 bits per heavy atom. The van der Waals surface area contributed by atoms with Crippen molar-refractivity contribution < 1.29 is 13.2 Å². The summed E-state index contributed by atoms with van der Waals surface area (Å²) in [6.07, 6.45) is -3.93. The average molecular weight is 545 g/mol. The van der Waals surface area contributed by atoms with Crippen LogP contribution in [0.15, 0.2) is 27.9 Å². The molecule has 0 aromatic carbocycles. The summed E-state index contributed by atoms with van der Waals surface area (Å²) >= 11 is 2.82. The molecule has 1 aliphatic heterocycles. The summed E-state index contributed by atoms with van der Waals surface area (Å²) in [6.45, 7) is 5.15. The summed E-state index contributed by atoms with van der Waals surface area (Å²) in [7, 11) is 1.73. The van der Waals surface area contributed by atoms with Gasteiger partial charge in [0.2, 0.25) is 0 Å². The Balaban J connectivity index is 0.00000280. The smallest absolute Gasteiger partial charge is 0.356 e. The van der Waals surface area contributed by atoms with Gasteiger partial charge in [0, 0.05) is 63.0 Å². The number of halogens is 4. The summed E-state index contributed by atoms with van der Waals surface area (Å²) in [6, 6.07) is 4.22. The number of thiazole rings is 1. The van der Waals surface area contributed by atoms with Crippen LogP contribution in [0.2, 0.25) is 0 Å². The molecule has 0 aliphatic carbocycles. The summed E-state index contributed by atoms with van der Waals surface area (Å²) in [5, 5.41) is 6.88. The number of hydrogen-bond acceptors (Lipinski definition) is 5. The lowest BCUT2D eigenvalue weighted by atomic mass is 10.3. The third-order valence-electron chi connectivity index (χ3n) is 4.31. The maximum Gasteiger partial charge on any atom is 0.434 e. The molecule has 3 heterocycles. The zero-order valence-corrected chi connectivity index (χ0v) is 19.4. The average Bonchev–Trinajstić information content (AvgIpc) is 3.31. The van der Waals surface area contributed by atoms with Crippen LogP contribution in [0, 0.1) is 0 Å². The molecule has 0 atom stereocenters. The van der Waals surface area contributed by atoms with Crippen LogP contribution in [0.1, 0.15) is 15.6 Å². The Bertz CT molecular complexity index is 740. The third-order valence-corrected chi connectivity index (χ3v) is 6.08.